The van der Waals surface area contributed by atoms with E-state index in [9.17, 15) is 4.79 Å². The van der Waals surface area contributed by atoms with E-state index < -0.39 is 0 Å². The van der Waals surface area contributed by atoms with Crippen molar-refractivity contribution < 1.29 is 9.53 Å². The van der Waals surface area contributed by atoms with E-state index in [1.807, 2.05) is 42.1 Å². The van der Waals surface area contributed by atoms with E-state index in [0.717, 1.165) is 42.1 Å². The highest BCUT2D eigenvalue weighted by Crippen LogP contribution is 2.41. The van der Waals surface area contributed by atoms with Crippen LogP contribution in [0, 0.1) is 0 Å². The fourth-order valence-corrected chi connectivity index (χ4v) is 3.70. The number of anilines is 2. The van der Waals surface area contributed by atoms with Gasteiger partial charge in [-0.1, -0.05) is 12.1 Å². The van der Waals surface area contributed by atoms with Crippen LogP contribution < -0.4 is 9.64 Å². The molecule has 0 fully saturated rings. The molecule has 0 N–H and O–H groups in total. The molecule has 0 spiro atoms. The summed E-state index contributed by atoms with van der Waals surface area (Å²) in [5.74, 6) is 2.43. The number of ether oxygens (including phenoxy) is 1. The third kappa shape index (κ3) is 3.65. The third-order valence-corrected chi connectivity index (χ3v) is 5.01. The van der Waals surface area contributed by atoms with Crippen molar-refractivity contribution in [2.45, 2.75) is 11.3 Å². The van der Waals surface area contributed by atoms with E-state index in [1.54, 1.807) is 0 Å². The maximum absolute atomic E-state index is 11.4. The summed E-state index contributed by atoms with van der Waals surface area (Å²) in [7, 11) is 0. The molecular weight excluding hydrogens is 330 g/mol. The van der Waals surface area contributed by atoms with Crippen molar-refractivity contribution in [2.75, 3.05) is 29.7 Å². The van der Waals surface area contributed by atoms with Crippen molar-refractivity contribution in [1.29, 1.82) is 0 Å². The van der Waals surface area contributed by atoms with Gasteiger partial charge in [0.2, 0.25) is 0 Å². The van der Waals surface area contributed by atoms with E-state index in [1.165, 1.54) is 4.90 Å². The van der Waals surface area contributed by atoms with E-state index in [-0.39, 0.29) is 0 Å². The van der Waals surface area contributed by atoms with E-state index in [2.05, 4.69) is 17.0 Å². The molecule has 120 valence electrons. The summed E-state index contributed by atoms with van der Waals surface area (Å²) in [4.78, 5) is 14.8. The quantitative estimate of drug-likeness (QED) is 0.428. The molecule has 1 heterocycles. The topological polar surface area (TPSA) is 29.5 Å². The van der Waals surface area contributed by atoms with Gasteiger partial charge in [0.05, 0.1) is 18.0 Å². The lowest BCUT2D eigenvalue weighted by Gasteiger charge is -2.32. The number of carbonyl (C=O) groups is 1. The zero-order chi connectivity index (χ0) is 16.1. The Kier molecular flexibility index (Phi) is 5.47. The number of hydrogen-bond donors (Lipinski definition) is 0. The number of fused-ring (bicyclic) bond motifs is 1. The summed E-state index contributed by atoms with van der Waals surface area (Å²) in [5, 5.41) is 0. The second-order valence-electron chi connectivity index (χ2n) is 5.20. The molecule has 23 heavy (non-hydrogen) atoms. The minimum Gasteiger partial charge on any atom is -0.493 e. The molecule has 0 aromatic heterocycles. The van der Waals surface area contributed by atoms with Gasteiger partial charge in [0.15, 0.2) is 6.29 Å². The molecule has 3 nitrogen and oxygen atoms in total. The fourth-order valence-electron chi connectivity index (χ4n) is 2.62. The minimum absolute atomic E-state index is 0.597. The van der Waals surface area contributed by atoms with Gasteiger partial charge in [0.1, 0.15) is 5.75 Å². The third-order valence-electron chi connectivity index (χ3n) is 3.69. The van der Waals surface area contributed by atoms with Gasteiger partial charge in [-0.15, -0.1) is 23.4 Å². The van der Waals surface area contributed by atoms with Crippen LogP contribution in [0.3, 0.4) is 0 Å². The molecular formula is C18H18ClNO2S. The highest BCUT2D eigenvalue weighted by atomic mass is 35.5. The van der Waals surface area contributed by atoms with Crippen LogP contribution in [0.5, 0.6) is 5.75 Å². The number of nitrogens with zero attached hydrogens (tertiary/aromatic N) is 1. The maximum Gasteiger partial charge on any atom is 0.152 e. The Bertz CT molecular complexity index is 692. The molecule has 0 bridgehead atoms. The molecule has 0 aliphatic carbocycles. The Hall–Kier alpha value is -1.65. The lowest BCUT2D eigenvalue weighted by molar-refractivity contribution is 0.112. The van der Waals surface area contributed by atoms with Crippen LogP contribution in [-0.2, 0) is 0 Å². The molecule has 0 radical (unpaired) electrons. The molecule has 2 aromatic rings. The zero-order valence-electron chi connectivity index (χ0n) is 12.7. The van der Waals surface area contributed by atoms with Gasteiger partial charge in [-0.2, -0.15) is 0 Å². The number of thioether (sulfide) groups is 1. The SMILES string of the molecule is O=Cc1ccccc1N1CCSc2ccc(OCCCCl)cc21. The lowest BCUT2D eigenvalue weighted by atomic mass is 10.1. The Balaban J connectivity index is 1.93. The predicted molar refractivity (Wildman–Crippen MR) is 96.8 cm³/mol. The fraction of sp³-hybridized carbons (Fsp3) is 0.278. The second kappa shape index (κ2) is 7.75. The first kappa shape index (κ1) is 16.2. The minimum atomic E-state index is 0.597. The molecule has 1 aliphatic rings. The van der Waals surface area contributed by atoms with Gasteiger partial charge in [0.25, 0.3) is 0 Å². The first-order chi connectivity index (χ1) is 11.3. The van der Waals surface area contributed by atoms with Crippen molar-refractivity contribution in [3.8, 4) is 5.75 Å². The molecule has 3 rings (SSSR count). The Morgan fingerprint density at radius 3 is 2.91 bits per heavy atom. The summed E-state index contributed by atoms with van der Waals surface area (Å²) in [6.07, 6.45) is 1.74. The number of aldehydes is 1. The molecule has 5 heteroatoms. The number of carbonyl (C=O) groups excluding carboxylic acids is 1. The molecule has 2 aromatic carbocycles. The largest absolute Gasteiger partial charge is 0.493 e. The van der Waals surface area contributed by atoms with E-state index in [4.69, 9.17) is 16.3 Å². The average molecular weight is 348 g/mol. The first-order valence-electron chi connectivity index (χ1n) is 7.61. The molecule has 0 unspecified atom stereocenters. The van der Waals surface area contributed by atoms with Crippen molar-refractivity contribution in [3.05, 3.63) is 48.0 Å². The molecule has 0 saturated carbocycles. The van der Waals surface area contributed by atoms with Gasteiger partial charge in [0, 0.05) is 34.7 Å². The van der Waals surface area contributed by atoms with Crippen LogP contribution in [-0.4, -0.2) is 31.1 Å². The van der Waals surface area contributed by atoms with Gasteiger partial charge < -0.3 is 9.64 Å². The second-order valence-corrected chi connectivity index (χ2v) is 6.71. The number of alkyl halides is 1. The van der Waals surface area contributed by atoms with E-state index in [0.29, 0.717) is 18.1 Å². The van der Waals surface area contributed by atoms with Crippen LogP contribution in [0.4, 0.5) is 11.4 Å². The van der Waals surface area contributed by atoms with Crippen LogP contribution >= 0.6 is 23.4 Å². The van der Waals surface area contributed by atoms with Crippen molar-refractivity contribution in [3.63, 3.8) is 0 Å². The van der Waals surface area contributed by atoms with Crippen LogP contribution in [0.1, 0.15) is 16.8 Å². The summed E-state index contributed by atoms with van der Waals surface area (Å²) in [6.45, 7) is 1.48. The van der Waals surface area contributed by atoms with Gasteiger partial charge in [-0.3, -0.25) is 4.79 Å². The van der Waals surface area contributed by atoms with Crippen molar-refractivity contribution >= 4 is 41.0 Å². The van der Waals surface area contributed by atoms with Crippen LogP contribution in [0.25, 0.3) is 0 Å². The Labute approximate surface area is 145 Å². The zero-order valence-corrected chi connectivity index (χ0v) is 14.3. The number of para-hydroxylation sites is 1. The van der Waals surface area contributed by atoms with E-state index >= 15 is 0 Å². The normalized spacial score (nSPS) is 13.5. The highest BCUT2D eigenvalue weighted by Gasteiger charge is 2.21. The molecule has 0 saturated heterocycles. The molecule has 0 atom stereocenters. The number of hydrogen-bond acceptors (Lipinski definition) is 4. The molecule has 0 amide bonds. The summed E-state index contributed by atoms with van der Waals surface area (Å²) in [6, 6.07) is 13.8. The first-order valence-corrected chi connectivity index (χ1v) is 9.13. The Morgan fingerprint density at radius 1 is 1.22 bits per heavy atom. The average Bonchev–Trinajstić information content (AvgIpc) is 2.61. The number of benzene rings is 2. The standard InChI is InChI=1S/C18H18ClNO2S/c19-8-3-10-22-15-6-7-18-17(12-15)20(9-11-23-18)16-5-2-1-4-14(16)13-21/h1-2,4-7,12-13H,3,8-11H2. The molecule has 1 aliphatic heterocycles. The monoisotopic (exact) mass is 347 g/mol. The van der Waals surface area contributed by atoms with Crippen molar-refractivity contribution in [2.24, 2.45) is 0 Å². The Morgan fingerprint density at radius 2 is 2.09 bits per heavy atom. The number of halogens is 1. The van der Waals surface area contributed by atoms with Gasteiger partial charge >= 0.3 is 0 Å². The van der Waals surface area contributed by atoms with Crippen LogP contribution in [0.2, 0.25) is 0 Å². The summed E-state index contributed by atoms with van der Waals surface area (Å²) >= 11 is 7.53. The van der Waals surface area contributed by atoms with Gasteiger partial charge in [-0.05, 0) is 30.7 Å². The lowest BCUT2D eigenvalue weighted by Crippen LogP contribution is -2.25. The number of rotatable bonds is 6. The smallest absolute Gasteiger partial charge is 0.152 e. The summed E-state index contributed by atoms with van der Waals surface area (Å²) in [5.41, 5.74) is 2.75. The van der Waals surface area contributed by atoms with Crippen LogP contribution in [0.15, 0.2) is 47.4 Å². The highest BCUT2D eigenvalue weighted by molar-refractivity contribution is 7.99. The van der Waals surface area contributed by atoms with Gasteiger partial charge in [-0.25, -0.2) is 0 Å². The van der Waals surface area contributed by atoms with Crippen molar-refractivity contribution in [1.82, 2.24) is 0 Å². The summed E-state index contributed by atoms with van der Waals surface area (Å²) < 4.78 is 5.76. The maximum atomic E-state index is 11.4. The predicted octanol–water partition coefficient (Wildman–Crippen LogP) is 4.75.